The van der Waals surface area contributed by atoms with Crippen LogP contribution in [-0.4, -0.2) is 29.5 Å². The van der Waals surface area contributed by atoms with Crippen molar-refractivity contribution in [2.24, 2.45) is 0 Å². The van der Waals surface area contributed by atoms with Gasteiger partial charge in [0.15, 0.2) is 11.5 Å². The van der Waals surface area contributed by atoms with E-state index in [0.29, 0.717) is 24.6 Å². The van der Waals surface area contributed by atoms with Crippen molar-refractivity contribution in [3.63, 3.8) is 0 Å². The van der Waals surface area contributed by atoms with Crippen molar-refractivity contribution < 1.29 is 19.1 Å². The maximum Gasteiger partial charge on any atom is 0.242 e. The standard InChI is InChI=1S/C26H26N2O4/c1-19(26(30)27-16-22-12-13-23-24(14-22)32-18-31-23)28(17-21-10-6-3-7-11-21)25(29)15-20-8-4-2-5-9-20/h2-14,19H,15-18H2,1H3,(H,27,30). The van der Waals surface area contributed by atoms with Crippen LogP contribution in [0.15, 0.2) is 78.9 Å². The Balaban J connectivity index is 1.44. The Bertz CT molecular complexity index is 1070. The Morgan fingerprint density at radius 3 is 2.25 bits per heavy atom. The zero-order valence-electron chi connectivity index (χ0n) is 18.0. The number of rotatable bonds is 8. The zero-order valence-corrected chi connectivity index (χ0v) is 18.0. The van der Waals surface area contributed by atoms with Gasteiger partial charge in [-0.15, -0.1) is 0 Å². The van der Waals surface area contributed by atoms with Gasteiger partial charge in [-0.2, -0.15) is 0 Å². The van der Waals surface area contributed by atoms with Gasteiger partial charge in [0.05, 0.1) is 6.42 Å². The number of nitrogens with one attached hydrogen (secondary N) is 1. The van der Waals surface area contributed by atoms with E-state index in [1.54, 1.807) is 11.8 Å². The van der Waals surface area contributed by atoms with Crippen molar-refractivity contribution in [1.29, 1.82) is 0 Å². The quantitative estimate of drug-likeness (QED) is 0.592. The first kappa shape index (κ1) is 21.4. The summed E-state index contributed by atoms with van der Waals surface area (Å²) >= 11 is 0. The van der Waals surface area contributed by atoms with Gasteiger partial charge in [-0.25, -0.2) is 0 Å². The fourth-order valence-corrected chi connectivity index (χ4v) is 3.62. The van der Waals surface area contributed by atoms with Crippen molar-refractivity contribution in [3.8, 4) is 11.5 Å². The number of fused-ring (bicyclic) bond motifs is 1. The molecule has 3 aromatic rings. The summed E-state index contributed by atoms with van der Waals surface area (Å²) in [6.45, 7) is 2.68. The lowest BCUT2D eigenvalue weighted by Crippen LogP contribution is -2.47. The van der Waals surface area contributed by atoms with Crippen LogP contribution in [0.1, 0.15) is 23.6 Å². The number of benzene rings is 3. The molecule has 32 heavy (non-hydrogen) atoms. The van der Waals surface area contributed by atoms with Crippen LogP contribution in [0.4, 0.5) is 0 Å². The van der Waals surface area contributed by atoms with Gasteiger partial charge in [0.2, 0.25) is 18.6 Å². The SMILES string of the molecule is CC(C(=O)NCc1ccc2c(c1)OCO2)N(Cc1ccccc1)C(=O)Cc1ccccc1. The highest BCUT2D eigenvalue weighted by Crippen LogP contribution is 2.32. The third-order valence-corrected chi connectivity index (χ3v) is 5.46. The van der Waals surface area contributed by atoms with Crippen LogP contribution in [0.25, 0.3) is 0 Å². The molecule has 1 atom stereocenters. The minimum atomic E-state index is -0.625. The van der Waals surface area contributed by atoms with E-state index < -0.39 is 6.04 Å². The Kier molecular flexibility index (Phi) is 6.70. The molecule has 0 fully saturated rings. The average Bonchev–Trinajstić information content (AvgIpc) is 3.30. The summed E-state index contributed by atoms with van der Waals surface area (Å²) in [5, 5.41) is 2.95. The van der Waals surface area contributed by atoms with Crippen molar-refractivity contribution in [2.75, 3.05) is 6.79 Å². The van der Waals surface area contributed by atoms with Gasteiger partial charge < -0.3 is 19.7 Å². The number of nitrogens with zero attached hydrogens (tertiary/aromatic N) is 1. The van der Waals surface area contributed by atoms with E-state index in [2.05, 4.69) is 5.32 Å². The lowest BCUT2D eigenvalue weighted by molar-refractivity contribution is -0.140. The monoisotopic (exact) mass is 430 g/mol. The summed E-state index contributed by atoms with van der Waals surface area (Å²) in [5.74, 6) is 1.08. The van der Waals surface area contributed by atoms with Crippen LogP contribution in [0.5, 0.6) is 11.5 Å². The number of amides is 2. The van der Waals surface area contributed by atoms with Gasteiger partial charge in [0.1, 0.15) is 6.04 Å². The number of carbonyl (C=O) groups excluding carboxylic acids is 2. The molecule has 6 heteroatoms. The van der Waals surface area contributed by atoms with Crippen LogP contribution in [-0.2, 0) is 29.1 Å². The first-order valence-electron chi connectivity index (χ1n) is 10.6. The van der Waals surface area contributed by atoms with E-state index in [-0.39, 0.29) is 25.0 Å². The first-order valence-corrected chi connectivity index (χ1v) is 10.6. The summed E-state index contributed by atoms with van der Waals surface area (Å²) in [6.07, 6.45) is 0.244. The molecule has 2 amide bonds. The van der Waals surface area contributed by atoms with Gasteiger partial charge in [-0.05, 0) is 35.7 Å². The normalized spacial score (nSPS) is 12.8. The largest absolute Gasteiger partial charge is 0.454 e. The number of hydrogen-bond donors (Lipinski definition) is 1. The molecule has 1 aliphatic heterocycles. The van der Waals surface area contributed by atoms with E-state index in [4.69, 9.17) is 9.47 Å². The van der Waals surface area contributed by atoms with Gasteiger partial charge >= 0.3 is 0 Å². The van der Waals surface area contributed by atoms with Crippen molar-refractivity contribution >= 4 is 11.8 Å². The third kappa shape index (κ3) is 5.27. The molecule has 0 saturated heterocycles. The molecule has 1 aliphatic rings. The maximum atomic E-state index is 13.2. The molecule has 1 heterocycles. The van der Waals surface area contributed by atoms with Crippen LogP contribution >= 0.6 is 0 Å². The van der Waals surface area contributed by atoms with Crippen LogP contribution in [0.2, 0.25) is 0 Å². The van der Waals surface area contributed by atoms with Crippen LogP contribution in [0.3, 0.4) is 0 Å². The molecule has 0 spiro atoms. The van der Waals surface area contributed by atoms with Crippen molar-refractivity contribution in [1.82, 2.24) is 10.2 Å². The fourth-order valence-electron chi connectivity index (χ4n) is 3.62. The van der Waals surface area contributed by atoms with E-state index in [1.807, 2.05) is 78.9 Å². The molecule has 164 valence electrons. The van der Waals surface area contributed by atoms with Gasteiger partial charge in [0.25, 0.3) is 0 Å². The lowest BCUT2D eigenvalue weighted by atomic mass is 10.1. The second-order valence-corrected chi connectivity index (χ2v) is 7.75. The molecule has 1 N–H and O–H groups in total. The molecule has 0 bridgehead atoms. The number of hydrogen-bond acceptors (Lipinski definition) is 4. The minimum absolute atomic E-state index is 0.0919. The zero-order chi connectivity index (χ0) is 22.3. The number of carbonyl (C=O) groups is 2. The third-order valence-electron chi connectivity index (χ3n) is 5.46. The smallest absolute Gasteiger partial charge is 0.242 e. The molecular weight excluding hydrogens is 404 g/mol. The molecule has 0 radical (unpaired) electrons. The summed E-state index contributed by atoms with van der Waals surface area (Å²) in [4.78, 5) is 27.8. The van der Waals surface area contributed by atoms with Gasteiger partial charge in [-0.3, -0.25) is 9.59 Å². The summed E-state index contributed by atoms with van der Waals surface area (Å²) < 4.78 is 10.7. The fraction of sp³-hybridized carbons (Fsp3) is 0.231. The molecule has 0 saturated carbocycles. The summed E-state index contributed by atoms with van der Waals surface area (Å²) in [6, 6.07) is 24.2. The second kappa shape index (κ2) is 10.0. The molecular formula is C26H26N2O4. The Hall–Kier alpha value is -3.80. The highest BCUT2D eigenvalue weighted by molar-refractivity contribution is 5.88. The highest BCUT2D eigenvalue weighted by atomic mass is 16.7. The van der Waals surface area contributed by atoms with Gasteiger partial charge in [-0.1, -0.05) is 66.7 Å². The highest BCUT2D eigenvalue weighted by Gasteiger charge is 2.26. The van der Waals surface area contributed by atoms with Crippen molar-refractivity contribution in [3.05, 3.63) is 95.6 Å². The molecule has 3 aromatic carbocycles. The minimum Gasteiger partial charge on any atom is -0.454 e. The number of ether oxygens (including phenoxy) is 2. The molecule has 0 aromatic heterocycles. The summed E-state index contributed by atoms with van der Waals surface area (Å²) in [5.41, 5.74) is 2.80. The van der Waals surface area contributed by atoms with E-state index in [0.717, 1.165) is 16.7 Å². The van der Waals surface area contributed by atoms with Crippen LogP contribution in [0, 0.1) is 0 Å². The Labute approximate surface area is 187 Å². The predicted molar refractivity (Wildman–Crippen MR) is 121 cm³/mol. The maximum absolute atomic E-state index is 13.2. The first-order chi connectivity index (χ1) is 15.6. The Morgan fingerprint density at radius 1 is 0.875 bits per heavy atom. The molecule has 0 aliphatic carbocycles. The van der Waals surface area contributed by atoms with Crippen molar-refractivity contribution in [2.45, 2.75) is 32.5 Å². The Morgan fingerprint density at radius 2 is 1.53 bits per heavy atom. The van der Waals surface area contributed by atoms with E-state index >= 15 is 0 Å². The van der Waals surface area contributed by atoms with E-state index in [9.17, 15) is 9.59 Å². The average molecular weight is 431 g/mol. The lowest BCUT2D eigenvalue weighted by Gasteiger charge is -2.29. The summed E-state index contributed by atoms with van der Waals surface area (Å²) in [7, 11) is 0. The van der Waals surface area contributed by atoms with E-state index in [1.165, 1.54) is 0 Å². The molecule has 6 nitrogen and oxygen atoms in total. The van der Waals surface area contributed by atoms with Gasteiger partial charge in [0, 0.05) is 13.1 Å². The van der Waals surface area contributed by atoms with Crippen LogP contribution < -0.4 is 14.8 Å². The molecule has 1 unspecified atom stereocenters. The molecule has 4 rings (SSSR count). The predicted octanol–water partition coefficient (Wildman–Crippen LogP) is 3.69. The second-order valence-electron chi connectivity index (χ2n) is 7.75. The topological polar surface area (TPSA) is 67.9 Å².